The summed E-state index contributed by atoms with van der Waals surface area (Å²) in [6.07, 6.45) is -2.79. The van der Waals surface area contributed by atoms with Gasteiger partial charge in [-0.3, -0.25) is 4.79 Å². The molecule has 0 radical (unpaired) electrons. The van der Waals surface area contributed by atoms with Crippen LogP contribution in [-0.2, 0) is 34.9 Å². The van der Waals surface area contributed by atoms with Gasteiger partial charge < -0.3 is 5.73 Å². The van der Waals surface area contributed by atoms with E-state index >= 15 is 0 Å². The van der Waals surface area contributed by atoms with Gasteiger partial charge in [0.1, 0.15) is 0 Å². The van der Waals surface area contributed by atoms with E-state index in [1.54, 1.807) is 0 Å². The predicted molar refractivity (Wildman–Crippen MR) is 88.7 cm³/mol. The van der Waals surface area contributed by atoms with Crippen molar-refractivity contribution < 1.29 is 26.4 Å². The van der Waals surface area contributed by atoms with Gasteiger partial charge in [-0.25, -0.2) is 18.4 Å². The minimum Gasteiger partial charge on any atom is -0.363 e. The first-order valence-corrected chi connectivity index (χ1v) is 9.46. The van der Waals surface area contributed by atoms with Crippen LogP contribution in [0.2, 0.25) is 0 Å². The SMILES string of the molecule is NC(=O)c1ncc2c(n1)CN(S(=O)(=O)Cc1cccc(C(F)(F)F)c1)CC2. The fourth-order valence-corrected chi connectivity index (χ4v) is 4.25. The van der Waals surface area contributed by atoms with Gasteiger partial charge in [-0.05, 0) is 23.6 Å². The Labute approximate surface area is 153 Å². The fourth-order valence-electron chi connectivity index (χ4n) is 2.77. The fraction of sp³-hybridized carbons (Fsp3) is 0.312. The number of nitrogens with two attached hydrogens (primary N) is 1. The molecule has 27 heavy (non-hydrogen) atoms. The molecule has 2 N–H and O–H groups in total. The molecule has 0 unspecified atom stereocenters. The Morgan fingerprint density at radius 1 is 1.30 bits per heavy atom. The number of sulfonamides is 1. The van der Waals surface area contributed by atoms with Crippen LogP contribution in [0.4, 0.5) is 13.2 Å². The summed E-state index contributed by atoms with van der Waals surface area (Å²) in [6.45, 7) is 0.0486. The number of carbonyl (C=O) groups excluding carboxylic acids is 1. The smallest absolute Gasteiger partial charge is 0.363 e. The molecule has 0 saturated carbocycles. The van der Waals surface area contributed by atoms with E-state index in [-0.39, 0.29) is 24.5 Å². The third-order valence-corrected chi connectivity index (χ3v) is 5.92. The van der Waals surface area contributed by atoms with Crippen LogP contribution in [0, 0.1) is 0 Å². The second kappa shape index (κ2) is 6.89. The number of hydrogen-bond acceptors (Lipinski definition) is 5. The Morgan fingerprint density at radius 3 is 2.70 bits per heavy atom. The molecule has 0 fully saturated rings. The van der Waals surface area contributed by atoms with Crippen LogP contribution in [0.1, 0.15) is 33.0 Å². The van der Waals surface area contributed by atoms with Gasteiger partial charge >= 0.3 is 6.18 Å². The minimum atomic E-state index is -4.55. The highest BCUT2D eigenvalue weighted by atomic mass is 32.2. The summed E-state index contributed by atoms with van der Waals surface area (Å²) >= 11 is 0. The van der Waals surface area contributed by atoms with Crippen molar-refractivity contribution in [2.75, 3.05) is 6.54 Å². The molecule has 1 aromatic heterocycles. The molecule has 144 valence electrons. The van der Waals surface area contributed by atoms with Crippen LogP contribution in [0.5, 0.6) is 0 Å². The second-order valence-electron chi connectivity index (χ2n) is 6.07. The van der Waals surface area contributed by atoms with E-state index < -0.39 is 33.4 Å². The van der Waals surface area contributed by atoms with Crippen molar-refractivity contribution in [3.05, 3.63) is 58.7 Å². The number of hydrogen-bond donors (Lipinski definition) is 1. The largest absolute Gasteiger partial charge is 0.416 e. The molecule has 0 atom stereocenters. The minimum absolute atomic E-state index is 0.0381. The molecule has 2 heterocycles. The summed E-state index contributed by atoms with van der Waals surface area (Å²) in [4.78, 5) is 19.0. The highest BCUT2D eigenvalue weighted by Gasteiger charge is 2.32. The predicted octanol–water partition coefficient (Wildman–Crippen LogP) is 1.48. The Bertz CT molecular complexity index is 993. The van der Waals surface area contributed by atoms with Crippen molar-refractivity contribution >= 4 is 15.9 Å². The third kappa shape index (κ3) is 4.25. The molecule has 1 aliphatic rings. The maximum absolute atomic E-state index is 12.8. The number of rotatable bonds is 4. The number of alkyl halides is 3. The number of nitrogens with zero attached hydrogens (tertiary/aromatic N) is 3. The number of primary amides is 1. The topological polar surface area (TPSA) is 106 Å². The summed E-state index contributed by atoms with van der Waals surface area (Å²) in [7, 11) is -3.89. The Kier molecular flexibility index (Phi) is 4.91. The quantitative estimate of drug-likeness (QED) is 0.837. The van der Waals surface area contributed by atoms with E-state index in [9.17, 15) is 26.4 Å². The van der Waals surface area contributed by atoms with Crippen molar-refractivity contribution in [3.63, 3.8) is 0 Å². The van der Waals surface area contributed by atoms with Gasteiger partial charge in [-0.1, -0.05) is 18.2 Å². The average Bonchev–Trinajstić information content (AvgIpc) is 2.59. The molecule has 0 bridgehead atoms. The van der Waals surface area contributed by atoms with Gasteiger partial charge in [0.15, 0.2) is 0 Å². The van der Waals surface area contributed by atoms with Gasteiger partial charge in [-0.15, -0.1) is 0 Å². The van der Waals surface area contributed by atoms with Crippen molar-refractivity contribution in [1.82, 2.24) is 14.3 Å². The van der Waals surface area contributed by atoms with Crippen LogP contribution in [0.3, 0.4) is 0 Å². The van der Waals surface area contributed by atoms with Crippen LogP contribution in [0.25, 0.3) is 0 Å². The van der Waals surface area contributed by atoms with Gasteiger partial charge in [-0.2, -0.15) is 17.5 Å². The molecule has 0 saturated heterocycles. The lowest BCUT2D eigenvalue weighted by molar-refractivity contribution is -0.137. The molecule has 7 nitrogen and oxygen atoms in total. The highest BCUT2D eigenvalue weighted by molar-refractivity contribution is 7.88. The Hall–Kier alpha value is -2.53. The number of fused-ring (bicyclic) bond motifs is 1. The van der Waals surface area contributed by atoms with Gasteiger partial charge in [0.25, 0.3) is 5.91 Å². The first kappa shape index (κ1) is 19.2. The first-order valence-electron chi connectivity index (χ1n) is 7.85. The third-order valence-electron chi connectivity index (χ3n) is 4.13. The molecule has 1 aromatic carbocycles. The number of aromatic nitrogens is 2. The maximum atomic E-state index is 12.8. The lowest BCUT2D eigenvalue weighted by atomic mass is 10.1. The zero-order valence-corrected chi connectivity index (χ0v) is 14.7. The molecule has 3 rings (SSSR count). The molecule has 1 amide bonds. The number of carbonyl (C=O) groups is 1. The summed E-state index contributed by atoms with van der Waals surface area (Å²) in [6, 6.07) is 4.21. The molecule has 1 aliphatic heterocycles. The van der Waals surface area contributed by atoms with E-state index in [0.717, 1.165) is 16.4 Å². The van der Waals surface area contributed by atoms with Crippen LogP contribution in [0.15, 0.2) is 30.5 Å². The van der Waals surface area contributed by atoms with Crippen molar-refractivity contribution in [2.45, 2.75) is 24.9 Å². The van der Waals surface area contributed by atoms with Crippen LogP contribution in [-0.4, -0.2) is 35.1 Å². The van der Waals surface area contributed by atoms with Gasteiger partial charge in [0.05, 0.1) is 23.6 Å². The Morgan fingerprint density at radius 2 is 2.04 bits per heavy atom. The summed E-state index contributed by atoms with van der Waals surface area (Å²) < 4.78 is 64.9. The van der Waals surface area contributed by atoms with Crippen LogP contribution < -0.4 is 5.73 Å². The van der Waals surface area contributed by atoms with Crippen molar-refractivity contribution in [3.8, 4) is 0 Å². The second-order valence-corrected chi connectivity index (χ2v) is 8.04. The van der Waals surface area contributed by atoms with Gasteiger partial charge in [0, 0.05) is 12.7 Å². The number of amides is 1. The molecular formula is C16H15F3N4O3S. The van der Waals surface area contributed by atoms with E-state index in [1.807, 2.05) is 0 Å². The normalized spacial score (nSPS) is 15.4. The Balaban J connectivity index is 1.82. The summed E-state index contributed by atoms with van der Waals surface area (Å²) in [5.41, 5.74) is 5.32. The molecule has 11 heteroatoms. The number of benzene rings is 1. The first-order chi connectivity index (χ1) is 12.6. The molecule has 2 aromatic rings. The van der Waals surface area contributed by atoms with E-state index in [0.29, 0.717) is 17.7 Å². The van der Waals surface area contributed by atoms with Crippen LogP contribution >= 0.6 is 0 Å². The highest BCUT2D eigenvalue weighted by Crippen LogP contribution is 2.30. The molecular weight excluding hydrogens is 385 g/mol. The maximum Gasteiger partial charge on any atom is 0.416 e. The van der Waals surface area contributed by atoms with E-state index in [1.165, 1.54) is 18.3 Å². The van der Waals surface area contributed by atoms with E-state index in [2.05, 4.69) is 9.97 Å². The van der Waals surface area contributed by atoms with E-state index in [4.69, 9.17) is 5.73 Å². The lowest BCUT2D eigenvalue weighted by Crippen LogP contribution is -2.37. The molecule has 0 spiro atoms. The summed E-state index contributed by atoms with van der Waals surface area (Å²) in [5, 5.41) is 0. The monoisotopic (exact) mass is 400 g/mol. The summed E-state index contributed by atoms with van der Waals surface area (Å²) in [5.74, 6) is -1.62. The number of halogens is 3. The lowest BCUT2D eigenvalue weighted by Gasteiger charge is -2.27. The van der Waals surface area contributed by atoms with Crippen molar-refractivity contribution in [2.24, 2.45) is 5.73 Å². The zero-order chi connectivity index (χ0) is 19.8. The van der Waals surface area contributed by atoms with Gasteiger partial charge in [0.2, 0.25) is 15.8 Å². The average molecular weight is 400 g/mol. The standard InChI is InChI=1S/C16H15F3N4O3S/c17-16(18,19)12-3-1-2-10(6-12)9-27(25,26)23-5-4-11-7-21-15(14(20)24)22-13(11)8-23/h1-3,6-7H,4-5,8-9H2,(H2,20,24). The zero-order valence-electron chi connectivity index (χ0n) is 13.9. The van der Waals surface area contributed by atoms with Crippen molar-refractivity contribution in [1.29, 1.82) is 0 Å². The molecule has 0 aliphatic carbocycles.